The number of carbonyl (C=O) groups excluding carboxylic acids is 1. The van der Waals surface area contributed by atoms with E-state index in [1.165, 1.54) is 83.5 Å². The molecule has 0 amide bonds. The fourth-order valence-electron chi connectivity index (χ4n) is 6.09. The van der Waals surface area contributed by atoms with Crippen molar-refractivity contribution in [3.05, 3.63) is 12.2 Å². The van der Waals surface area contributed by atoms with Crippen LogP contribution in [0.25, 0.3) is 0 Å². The third-order valence-corrected chi connectivity index (χ3v) is 8.98. The van der Waals surface area contributed by atoms with Gasteiger partial charge in [0, 0.05) is 12.3 Å². The lowest BCUT2D eigenvalue weighted by Gasteiger charge is -2.44. The first kappa shape index (κ1) is 40.1. The van der Waals surface area contributed by atoms with Crippen LogP contribution < -0.4 is 5.11 Å². The first-order chi connectivity index (χ1) is 20.2. The summed E-state index contributed by atoms with van der Waals surface area (Å²) in [5, 5.41) is 31.5. The molecule has 0 spiro atoms. The minimum absolute atomic E-state index is 0.189. The van der Waals surface area contributed by atoms with Gasteiger partial charge in [0.25, 0.3) is 0 Å². The van der Waals surface area contributed by atoms with Crippen LogP contribution in [0.15, 0.2) is 12.2 Å². The smallest absolute Gasteiger partial charge is 0.312 e. The van der Waals surface area contributed by atoms with Gasteiger partial charge in [0.2, 0.25) is 0 Å². The normalized spacial score (nSPS) is 15.3. The van der Waals surface area contributed by atoms with Crippen LogP contribution in [-0.4, -0.2) is 58.8 Å². The highest BCUT2D eigenvalue weighted by Crippen LogP contribution is 2.25. The van der Waals surface area contributed by atoms with Crippen LogP contribution in [0, 0.1) is 17.8 Å². The van der Waals surface area contributed by atoms with Crippen LogP contribution in [-0.2, 0) is 14.4 Å². The lowest BCUT2D eigenvalue weighted by Crippen LogP contribution is -2.59. The molecular formula is C35H65NO6. The first-order valence-electron chi connectivity index (χ1n) is 17.3. The number of hydrogen-bond donors (Lipinski definition) is 2. The van der Waals surface area contributed by atoms with Crippen LogP contribution in [0.2, 0.25) is 0 Å². The van der Waals surface area contributed by atoms with Crippen molar-refractivity contribution in [1.29, 1.82) is 0 Å². The summed E-state index contributed by atoms with van der Waals surface area (Å²) in [6, 6.07) is 0. The highest BCUT2D eigenvalue weighted by Gasteiger charge is 2.39. The Labute approximate surface area is 257 Å². The summed E-state index contributed by atoms with van der Waals surface area (Å²) in [6.45, 7) is 8.92. The van der Waals surface area contributed by atoms with Crippen molar-refractivity contribution in [2.24, 2.45) is 17.8 Å². The quantitative estimate of drug-likeness (QED) is 0.0501. The number of aliphatic carboxylic acids is 3. The van der Waals surface area contributed by atoms with Gasteiger partial charge in [0.15, 0.2) is 0 Å². The number of carbonyl (C=O) groups is 3. The fourth-order valence-corrected chi connectivity index (χ4v) is 6.09. The monoisotopic (exact) mass is 595 g/mol. The maximum Gasteiger partial charge on any atom is 0.312 e. The molecule has 0 bridgehead atoms. The van der Waals surface area contributed by atoms with Crippen molar-refractivity contribution in [1.82, 2.24) is 0 Å². The molecule has 7 heteroatoms. The van der Waals surface area contributed by atoms with E-state index in [9.17, 15) is 29.7 Å². The number of hydrogen-bond acceptors (Lipinski definition) is 4. The highest BCUT2D eigenvalue weighted by molar-refractivity contribution is 5.70. The van der Waals surface area contributed by atoms with Crippen molar-refractivity contribution in [2.45, 2.75) is 150 Å². The average Bonchev–Trinajstić information content (AvgIpc) is 2.96. The van der Waals surface area contributed by atoms with E-state index in [2.05, 4.69) is 19.1 Å². The van der Waals surface area contributed by atoms with Gasteiger partial charge in [-0.15, -0.1) is 0 Å². The van der Waals surface area contributed by atoms with Crippen LogP contribution in [0.4, 0.5) is 0 Å². The summed E-state index contributed by atoms with van der Waals surface area (Å²) < 4.78 is 0.189. The van der Waals surface area contributed by atoms with Gasteiger partial charge in [-0.1, -0.05) is 117 Å². The molecule has 0 heterocycles. The minimum atomic E-state index is -1.15. The van der Waals surface area contributed by atoms with Gasteiger partial charge in [-0.05, 0) is 38.5 Å². The number of carboxylic acids is 3. The van der Waals surface area contributed by atoms with Crippen LogP contribution >= 0.6 is 0 Å². The predicted octanol–water partition coefficient (Wildman–Crippen LogP) is 7.62. The Morgan fingerprint density at radius 3 is 1.29 bits per heavy atom. The topological polar surface area (TPSA) is 115 Å². The van der Waals surface area contributed by atoms with Crippen molar-refractivity contribution in [2.75, 3.05) is 26.2 Å². The zero-order valence-corrected chi connectivity index (χ0v) is 27.6. The van der Waals surface area contributed by atoms with E-state index in [4.69, 9.17) is 0 Å². The van der Waals surface area contributed by atoms with Crippen LogP contribution in [0.1, 0.15) is 150 Å². The van der Waals surface area contributed by atoms with Crippen molar-refractivity contribution >= 4 is 17.9 Å². The maximum absolute atomic E-state index is 12.0. The summed E-state index contributed by atoms with van der Waals surface area (Å²) in [5.74, 6) is -5.02. The largest absolute Gasteiger partial charge is 0.550 e. The second-order valence-corrected chi connectivity index (χ2v) is 12.6. The van der Waals surface area contributed by atoms with E-state index in [1.807, 2.05) is 13.8 Å². The molecule has 0 saturated carbocycles. The molecule has 0 aliphatic carbocycles. The van der Waals surface area contributed by atoms with Crippen molar-refractivity contribution in [3.8, 4) is 0 Å². The van der Waals surface area contributed by atoms with E-state index in [-0.39, 0.29) is 24.1 Å². The summed E-state index contributed by atoms with van der Waals surface area (Å²) in [6.07, 6.45) is 25.7. The molecular weight excluding hydrogens is 530 g/mol. The van der Waals surface area contributed by atoms with E-state index in [0.29, 0.717) is 25.8 Å². The summed E-state index contributed by atoms with van der Waals surface area (Å²) in [7, 11) is 0. The van der Waals surface area contributed by atoms with Gasteiger partial charge < -0.3 is 24.6 Å². The zero-order chi connectivity index (χ0) is 31.6. The summed E-state index contributed by atoms with van der Waals surface area (Å²) >= 11 is 0. The number of rotatable bonds is 30. The standard InChI is InChI=1S/C35H65NO6/c1-5-9-10-11-12-13-14-15-16-17-18-19-20-21-22-23-24-25-26-36(27-30(6-2)33(37)38,28-31(7-3)34(39)40)29-32(8-4)35(41)42/h22-23,30-32H,5-21,24-29H2,1-4H3,(H2-,37,38,39,40,41,42)/b23-22+. The molecule has 246 valence electrons. The Bertz CT molecular complexity index is 677. The lowest BCUT2D eigenvalue weighted by molar-refractivity contribution is -0.935. The van der Waals surface area contributed by atoms with E-state index in [1.54, 1.807) is 6.92 Å². The van der Waals surface area contributed by atoms with Gasteiger partial charge >= 0.3 is 11.9 Å². The SMILES string of the molecule is CCCCCCCCCCCCCCC/C=C/CCC[N+](CC(CC)C(=O)[O-])(CC(CC)C(=O)O)CC(CC)C(=O)O. The molecule has 3 atom stereocenters. The van der Waals surface area contributed by atoms with Crippen molar-refractivity contribution < 1.29 is 34.2 Å². The highest BCUT2D eigenvalue weighted by atomic mass is 16.4. The number of allylic oxidation sites excluding steroid dienone is 2. The van der Waals surface area contributed by atoms with Crippen molar-refractivity contribution in [3.63, 3.8) is 0 Å². The molecule has 42 heavy (non-hydrogen) atoms. The third kappa shape index (κ3) is 19.3. The first-order valence-corrected chi connectivity index (χ1v) is 17.3. The molecule has 0 aromatic rings. The molecule has 2 N–H and O–H groups in total. The van der Waals surface area contributed by atoms with Gasteiger partial charge in [-0.3, -0.25) is 9.59 Å². The fraction of sp³-hybridized carbons (Fsp3) is 0.857. The molecule has 3 unspecified atom stereocenters. The van der Waals surface area contributed by atoms with E-state index >= 15 is 0 Å². The average molecular weight is 596 g/mol. The second kappa shape index (κ2) is 25.6. The Morgan fingerprint density at radius 1 is 0.571 bits per heavy atom. The van der Waals surface area contributed by atoms with E-state index < -0.39 is 35.7 Å². The van der Waals surface area contributed by atoms with Gasteiger partial charge in [-0.2, -0.15) is 0 Å². The van der Waals surface area contributed by atoms with Crippen LogP contribution in [0.3, 0.4) is 0 Å². The molecule has 0 fully saturated rings. The van der Waals surface area contributed by atoms with Gasteiger partial charge in [0.1, 0.15) is 11.8 Å². The summed E-state index contributed by atoms with van der Waals surface area (Å²) in [4.78, 5) is 35.8. The molecule has 0 aromatic carbocycles. The van der Waals surface area contributed by atoms with Crippen LogP contribution in [0.5, 0.6) is 0 Å². The second-order valence-electron chi connectivity index (χ2n) is 12.6. The van der Waals surface area contributed by atoms with E-state index in [0.717, 1.165) is 19.3 Å². The minimum Gasteiger partial charge on any atom is -0.550 e. The summed E-state index contributed by atoms with van der Waals surface area (Å²) in [5.41, 5.74) is 0. The maximum atomic E-state index is 12.0. The lowest BCUT2D eigenvalue weighted by atomic mass is 9.95. The molecule has 0 rings (SSSR count). The predicted molar refractivity (Wildman–Crippen MR) is 170 cm³/mol. The van der Waals surface area contributed by atoms with Gasteiger partial charge in [0.05, 0.1) is 32.1 Å². The Hall–Kier alpha value is -1.89. The molecule has 0 aliphatic rings. The molecule has 0 saturated heterocycles. The molecule has 0 aliphatic heterocycles. The number of carboxylic acid groups (broad SMARTS) is 3. The zero-order valence-electron chi connectivity index (χ0n) is 27.6. The molecule has 0 aromatic heterocycles. The third-order valence-electron chi connectivity index (χ3n) is 8.98. The number of nitrogens with zero attached hydrogens (tertiary/aromatic N) is 1. The Morgan fingerprint density at radius 2 is 0.929 bits per heavy atom. The van der Waals surface area contributed by atoms with Gasteiger partial charge in [-0.25, -0.2) is 0 Å². The Balaban J connectivity index is 4.77. The number of quaternary nitrogens is 1. The Kier molecular flexibility index (Phi) is 24.4. The molecule has 0 radical (unpaired) electrons. The molecule has 7 nitrogen and oxygen atoms in total. The number of unbranched alkanes of at least 4 members (excludes halogenated alkanes) is 14.